The molecule has 1 aliphatic heterocycles. The molecule has 0 atom stereocenters. The number of aromatic nitrogens is 1. The van der Waals surface area contributed by atoms with Crippen LogP contribution >= 0.6 is 0 Å². The van der Waals surface area contributed by atoms with Crippen molar-refractivity contribution in [2.75, 3.05) is 25.9 Å². The minimum absolute atomic E-state index is 0.429. The van der Waals surface area contributed by atoms with Crippen LogP contribution in [0.15, 0.2) is 6.20 Å². The van der Waals surface area contributed by atoms with Gasteiger partial charge in [0.25, 0.3) is 0 Å². The molecule has 1 fully saturated rings. The third-order valence-electron chi connectivity index (χ3n) is 3.92. The average molecular weight is 249 g/mol. The Morgan fingerprint density at radius 2 is 2.06 bits per heavy atom. The Hall–Kier alpha value is -1.13. The number of nitrogens with two attached hydrogens (primary N) is 1. The fourth-order valence-corrected chi connectivity index (χ4v) is 2.47. The number of methoxy groups -OCH3 is 1. The number of nitrogens with zero attached hydrogens (tertiary/aromatic N) is 2. The van der Waals surface area contributed by atoms with Gasteiger partial charge in [-0.1, -0.05) is 0 Å². The van der Waals surface area contributed by atoms with Crippen LogP contribution < -0.4 is 5.73 Å². The molecule has 18 heavy (non-hydrogen) atoms. The molecular formula is C14H23N3O. The fraction of sp³-hybridized carbons (Fsp3) is 0.643. The van der Waals surface area contributed by atoms with Gasteiger partial charge in [0.1, 0.15) is 0 Å². The number of hydrogen-bond acceptors (Lipinski definition) is 4. The summed E-state index contributed by atoms with van der Waals surface area (Å²) in [5.74, 6) is 0. The van der Waals surface area contributed by atoms with Crippen LogP contribution in [0.25, 0.3) is 0 Å². The van der Waals surface area contributed by atoms with E-state index in [0.29, 0.717) is 6.10 Å². The first kappa shape index (κ1) is 13.3. The molecule has 0 aliphatic carbocycles. The van der Waals surface area contributed by atoms with Crippen molar-refractivity contribution in [3.8, 4) is 0 Å². The number of nitrogen functional groups attached to an aromatic ring is 1. The van der Waals surface area contributed by atoms with E-state index in [0.717, 1.165) is 55.0 Å². The van der Waals surface area contributed by atoms with E-state index in [2.05, 4.69) is 16.8 Å². The Morgan fingerprint density at radius 1 is 1.39 bits per heavy atom. The predicted molar refractivity (Wildman–Crippen MR) is 73.4 cm³/mol. The van der Waals surface area contributed by atoms with Crippen molar-refractivity contribution in [1.82, 2.24) is 9.88 Å². The van der Waals surface area contributed by atoms with Crippen LogP contribution in [0.2, 0.25) is 0 Å². The van der Waals surface area contributed by atoms with Crippen molar-refractivity contribution in [3.05, 3.63) is 23.0 Å². The van der Waals surface area contributed by atoms with Gasteiger partial charge in [0.15, 0.2) is 0 Å². The van der Waals surface area contributed by atoms with Gasteiger partial charge in [-0.3, -0.25) is 9.88 Å². The van der Waals surface area contributed by atoms with Crippen LogP contribution in [0.4, 0.5) is 5.69 Å². The summed E-state index contributed by atoms with van der Waals surface area (Å²) in [6, 6.07) is 0. The van der Waals surface area contributed by atoms with Gasteiger partial charge in [-0.2, -0.15) is 0 Å². The molecule has 1 saturated heterocycles. The standard InChI is InChI=1S/C14H23N3O/c1-10-8-16-13(11(2)14(10)15)9-17-6-4-12(18-3)5-7-17/h8,12H,4-7,9H2,1-3H3,(H2,15,16). The van der Waals surface area contributed by atoms with E-state index in [4.69, 9.17) is 10.5 Å². The van der Waals surface area contributed by atoms with E-state index in [9.17, 15) is 0 Å². The lowest BCUT2D eigenvalue weighted by molar-refractivity contribution is 0.0385. The summed E-state index contributed by atoms with van der Waals surface area (Å²) < 4.78 is 5.39. The SMILES string of the molecule is COC1CCN(Cc2ncc(C)c(N)c2C)CC1. The largest absolute Gasteiger partial charge is 0.398 e. The fourth-order valence-electron chi connectivity index (χ4n) is 2.47. The van der Waals surface area contributed by atoms with Gasteiger partial charge in [-0.15, -0.1) is 0 Å². The number of piperidine rings is 1. The van der Waals surface area contributed by atoms with E-state index in [1.165, 1.54) is 0 Å². The molecule has 4 nitrogen and oxygen atoms in total. The highest BCUT2D eigenvalue weighted by atomic mass is 16.5. The minimum atomic E-state index is 0.429. The molecule has 0 saturated carbocycles. The molecule has 0 bridgehead atoms. The molecule has 2 N–H and O–H groups in total. The minimum Gasteiger partial charge on any atom is -0.398 e. The van der Waals surface area contributed by atoms with Gasteiger partial charge in [0.05, 0.1) is 11.8 Å². The van der Waals surface area contributed by atoms with Crippen LogP contribution in [0.3, 0.4) is 0 Å². The van der Waals surface area contributed by atoms with Gasteiger partial charge in [0, 0.05) is 38.6 Å². The Kier molecular flexibility index (Phi) is 4.19. The predicted octanol–water partition coefficient (Wildman–Crippen LogP) is 1.89. The maximum absolute atomic E-state index is 6.05. The van der Waals surface area contributed by atoms with Crippen molar-refractivity contribution in [2.45, 2.75) is 39.3 Å². The van der Waals surface area contributed by atoms with Crippen LogP contribution in [-0.4, -0.2) is 36.2 Å². The smallest absolute Gasteiger partial charge is 0.0595 e. The molecule has 0 radical (unpaired) electrons. The van der Waals surface area contributed by atoms with Gasteiger partial charge >= 0.3 is 0 Å². The first-order chi connectivity index (χ1) is 8.61. The second kappa shape index (κ2) is 5.67. The number of hydrogen-bond donors (Lipinski definition) is 1. The third-order valence-corrected chi connectivity index (χ3v) is 3.92. The number of ether oxygens (including phenoxy) is 1. The van der Waals surface area contributed by atoms with Crippen LogP contribution in [0.1, 0.15) is 29.7 Å². The Balaban J connectivity index is 2.00. The lowest BCUT2D eigenvalue weighted by Gasteiger charge is -2.31. The first-order valence-corrected chi connectivity index (χ1v) is 6.57. The van der Waals surface area contributed by atoms with Gasteiger partial charge in [-0.25, -0.2) is 0 Å². The Morgan fingerprint density at radius 3 is 2.67 bits per heavy atom. The molecule has 1 aromatic heterocycles. The van der Waals surface area contributed by atoms with Crippen molar-refractivity contribution in [3.63, 3.8) is 0 Å². The number of aryl methyl sites for hydroxylation is 1. The molecule has 0 amide bonds. The van der Waals surface area contributed by atoms with E-state index in [1.807, 2.05) is 13.1 Å². The maximum atomic E-state index is 6.05. The van der Waals surface area contributed by atoms with Crippen molar-refractivity contribution >= 4 is 5.69 Å². The quantitative estimate of drug-likeness (QED) is 0.889. The molecule has 2 heterocycles. The summed E-state index contributed by atoms with van der Waals surface area (Å²) in [4.78, 5) is 6.95. The Labute approximate surface area is 109 Å². The monoisotopic (exact) mass is 249 g/mol. The highest BCUT2D eigenvalue weighted by Crippen LogP contribution is 2.21. The summed E-state index contributed by atoms with van der Waals surface area (Å²) in [5, 5.41) is 0. The summed E-state index contributed by atoms with van der Waals surface area (Å²) >= 11 is 0. The normalized spacial score (nSPS) is 18.2. The molecule has 2 rings (SSSR count). The zero-order valence-corrected chi connectivity index (χ0v) is 11.6. The topological polar surface area (TPSA) is 51.4 Å². The molecule has 1 aliphatic rings. The summed E-state index contributed by atoms with van der Waals surface area (Å²) in [5.41, 5.74) is 10.2. The van der Waals surface area contributed by atoms with Gasteiger partial charge in [-0.05, 0) is 37.8 Å². The highest BCUT2D eigenvalue weighted by molar-refractivity contribution is 5.53. The summed E-state index contributed by atoms with van der Waals surface area (Å²) in [7, 11) is 1.80. The average Bonchev–Trinajstić information content (AvgIpc) is 2.40. The number of pyridine rings is 1. The van der Waals surface area contributed by atoms with E-state index < -0.39 is 0 Å². The van der Waals surface area contributed by atoms with Crippen molar-refractivity contribution in [1.29, 1.82) is 0 Å². The second-order valence-corrected chi connectivity index (χ2v) is 5.14. The second-order valence-electron chi connectivity index (χ2n) is 5.14. The molecule has 0 aromatic carbocycles. The lowest BCUT2D eigenvalue weighted by Crippen LogP contribution is -2.36. The lowest BCUT2D eigenvalue weighted by atomic mass is 10.1. The van der Waals surface area contributed by atoms with E-state index in [1.54, 1.807) is 7.11 Å². The van der Waals surface area contributed by atoms with Crippen molar-refractivity contribution in [2.24, 2.45) is 0 Å². The van der Waals surface area contributed by atoms with Gasteiger partial charge in [0.2, 0.25) is 0 Å². The number of anilines is 1. The van der Waals surface area contributed by atoms with E-state index >= 15 is 0 Å². The molecule has 1 aromatic rings. The van der Waals surface area contributed by atoms with Gasteiger partial charge < -0.3 is 10.5 Å². The third kappa shape index (κ3) is 2.82. The maximum Gasteiger partial charge on any atom is 0.0595 e. The van der Waals surface area contributed by atoms with Crippen LogP contribution in [0, 0.1) is 13.8 Å². The zero-order chi connectivity index (χ0) is 13.1. The van der Waals surface area contributed by atoms with Crippen molar-refractivity contribution < 1.29 is 4.74 Å². The zero-order valence-electron chi connectivity index (χ0n) is 11.6. The van der Waals surface area contributed by atoms with Crippen LogP contribution in [0.5, 0.6) is 0 Å². The first-order valence-electron chi connectivity index (χ1n) is 6.57. The molecular weight excluding hydrogens is 226 g/mol. The number of rotatable bonds is 3. The van der Waals surface area contributed by atoms with E-state index in [-0.39, 0.29) is 0 Å². The molecule has 4 heteroatoms. The molecule has 100 valence electrons. The highest BCUT2D eigenvalue weighted by Gasteiger charge is 2.19. The summed E-state index contributed by atoms with van der Waals surface area (Å²) in [6.45, 7) is 7.11. The molecule has 0 unspecified atom stereocenters. The Bertz CT molecular complexity index is 412. The van der Waals surface area contributed by atoms with Crippen LogP contribution in [-0.2, 0) is 11.3 Å². The number of likely N-dealkylation sites (tertiary alicyclic amines) is 1. The summed E-state index contributed by atoms with van der Waals surface area (Å²) in [6.07, 6.45) is 4.52. The molecule has 0 spiro atoms.